The highest BCUT2D eigenvalue weighted by Crippen LogP contribution is 2.34. The second kappa shape index (κ2) is 8.75. The molecule has 0 saturated carbocycles. The first kappa shape index (κ1) is 21.3. The molecule has 2 aliphatic rings. The maximum atomic E-state index is 11.7. The lowest BCUT2D eigenvalue weighted by molar-refractivity contribution is -0.131. The number of carboxylic acid groups (broad SMARTS) is 1. The van der Waals surface area contributed by atoms with Crippen molar-refractivity contribution in [3.05, 3.63) is 42.4 Å². The Morgan fingerprint density at radius 1 is 1.33 bits per heavy atom. The van der Waals surface area contributed by atoms with Crippen molar-refractivity contribution < 1.29 is 23.8 Å². The van der Waals surface area contributed by atoms with Crippen molar-refractivity contribution in [3.63, 3.8) is 0 Å². The van der Waals surface area contributed by atoms with Crippen molar-refractivity contribution in [1.82, 2.24) is 24.8 Å². The number of amides is 1. The SMILES string of the molecule is CC(=O)N1C[C@H]2C[C@@H]1CN2Cc1cc2ncc(Oc3nc4ncccc4s3)cc2o1.O=CO. The van der Waals surface area contributed by atoms with Crippen molar-refractivity contribution in [2.45, 2.75) is 32.0 Å². The van der Waals surface area contributed by atoms with E-state index in [-0.39, 0.29) is 12.4 Å². The summed E-state index contributed by atoms with van der Waals surface area (Å²) in [6, 6.07) is 8.42. The van der Waals surface area contributed by atoms with Crippen LogP contribution < -0.4 is 4.74 Å². The van der Waals surface area contributed by atoms with Crippen LogP contribution in [0.3, 0.4) is 0 Å². The van der Waals surface area contributed by atoms with E-state index in [1.165, 1.54) is 11.3 Å². The molecule has 0 aliphatic carbocycles. The summed E-state index contributed by atoms with van der Waals surface area (Å²) in [7, 11) is 0. The predicted octanol–water partition coefficient (Wildman–Crippen LogP) is 3.13. The number of hydrogen-bond acceptors (Lipinski definition) is 9. The molecule has 2 atom stereocenters. The number of rotatable bonds is 4. The molecular formula is C22H21N5O5S. The predicted molar refractivity (Wildman–Crippen MR) is 120 cm³/mol. The van der Waals surface area contributed by atoms with E-state index in [1.54, 1.807) is 19.3 Å². The standard InChI is InChI=1S/C21H19N5O3S.CH2O2/c1-12(27)26-10-13-5-14(26)9-25(13)11-16-6-17-18(28-16)7-15(8-23-17)29-21-24-20-19(30-21)3-2-4-22-20;2-1-3/h2-4,6-8,13-14H,5,9-11H2,1H3;1H,(H,2,3)/t13-,14-;/m1./s1. The highest BCUT2D eigenvalue weighted by atomic mass is 32.1. The van der Waals surface area contributed by atoms with Gasteiger partial charge in [-0.25, -0.2) is 9.97 Å². The largest absolute Gasteiger partial charge is 0.483 e. The number of pyridine rings is 2. The van der Waals surface area contributed by atoms with E-state index in [9.17, 15) is 4.79 Å². The minimum absolute atomic E-state index is 0.173. The molecule has 0 radical (unpaired) electrons. The summed E-state index contributed by atoms with van der Waals surface area (Å²) in [6.07, 6.45) is 4.45. The third-order valence-corrected chi connectivity index (χ3v) is 6.75. The molecule has 11 heteroatoms. The summed E-state index contributed by atoms with van der Waals surface area (Å²) in [4.78, 5) is 37.5. The number of carbonyl (C=O) groups excluding carboxylic acids is 1. The normalized spacial score (nSPS) is 19.6. The third-order valence-electron chi connectivity index (χ3n) is 5.86. The lowest BCUT2D eigenvalue weighted by Crippen LogP contribution is -2.47. The molecule has 2 bridgehead atoms. The lowest BCUT2D eigenvalue weighted by atomic mass is 10.2. The number of carbonyl (C=O) groups is 2. The van der Waals surface area contributed by atoms with Crippen LogP contribution in [0.5, 0.6) is 10.9 Å². The second-order valence-electron chi connectivity index (χ2n) is 7.92. The van der Waals surface area contributed by atoms with Crippen LogP contribution in [0.2, 0.25) is 0 Å². The van der Waals surface area contributed by atoms with Gasteiger partial charge in [0.25, 0.3) is 11.7 Å². The van der Waals surface area contributed by atoms with E-state index in [0.29, 0.717) is 34.3 Å². The molecule has 1 N–H and O–H groups in total. The van der Waals surface area contributed by atoms with Crippen LogP contribution >= 0.6 is 11.3 Å². The van der Waals surface area contributed by atoms with E-state index < -0.39 is 0 Å². The van der Waals surface area contributed by atoms with Crippen LogP contribution in [0.15, 0.2) is 41.1 Å². The number of aromatic nitrogens is 3. The van der Waals surface area contributed by atoms with Gasteiger partial charge in [-0.1, -0.05) is 11.3 Å². The average Bonchev–Trinajstić information content (AvgIpc) is 3.55. The molecule has 1 amide bonds. The number of nitrogens with zero attached hydrogens (tertiary/aromatic N) is 5. The molecule has 0 spiro atoms. The molecule has 2 aliphatic heterocycles. The highest BCUT2D eigenvalue weighted by molar-refractivity contribution is 7.20. The fraction of sp³-hybridized carbons (Fsp3) is 0.318. The maximum Gasteiger partial charge on any atom is 0.290 e. The summed E-state index contributed by atoms with van der Waals surface area (Å²) < 4.78 is 12.9. The Kier molecular flexibility index (Phi) is 5.65. The van der Waals surface area contributed by atoms with Gasteiger partial charge in [-0.3, -0.25) is 14.5 Å². The summed E-state index contributed by atoms with van der Waals surface area (Å²) in [5, 5.41) is 7.42. The number of likely N-dealkylation sites (tertiary alicyclic amines) is 2. The van der Waals surface area contributed by atoms with Gasteiger partial charge in [0.05, 0.1) is 17.4 Å². The summed E-state index contributed by atoms with van der Waals surface area (Å²) in [5.41, 5.74) is 2.17. The Hall–Kier alpha value is -3.57. The lowest BCUT2D eigenvalue weighted by Gasteiger charge is -2.33. The molecular weight excluding hydrogens is 446 g/mol. The summed E-state index contributed by atoms with van der Waals surface area (Å²) >= 11 is 1.44. The Balaban J connectivity index is 0.000000724. The van der Waals surface area contributed by atoms with Gasteiger partial charge >= 0.3 is 0 Å². The van der Waals surface area contributed by atoms with Gasteiger partial charge in [0.15, 0.2) is 17.0 Å². The first-order chi connectivity index (χ1) is 16.0. The molecule has 0 unspecified atom stereocenters. The van der Waals surface area contributed by atoms with Crippen LogP contribution in [-0.4, -0.2) is 67.4 Å². The maximum absolute atomic E-state index is 11.7. The fourth-order valence-corrected chi connectivity index (χ4v) is 5.30. The van der Waals surface area contributed by atoms with Crippen molar-refractivity contribution >= 4 is 45.2 Å². The van der Waals surface area contributed by atoms with Gasteiger partial charge in [0.1, 0.15) is 11.3 Å². The van der Waals surface area contributed by atoms with E-state index in [1.807, 2.05) is 29.2 Å². The Bertz CT molecular complexity index is 1290. The minimum atomic E-state index is -0.250. The number of piperazine rings is 1. The van der Waals surface area contributed by atoms with Crippen molar-refractivity contribution in [3.8, 4) is 10.9 Å². The number of hydrogen-bond donors (Lipinski definition) is 1. The zero-order valence-electron chi connectivity index (χ0n) is 17.7. The Morgan fingerprint density at radius 2 is 2.18 bits per heavy atom. The zero-order chi connectivity index (χ0) is 22.9. The van der Waals surface area contributed by atoms with Crippen molar-refractivity contribution in [2.75, 3.05) is 13.1 Å². The van der Waals surface area contributed by atoms with Crippen LogP contribution in [0, 0.1) is 0 Å². The third kappa shape index (κ3) is 4.24. The molecule has 2 fully saturated rings. The van der Waals surface area contributed by atoms with Crippen molar-refractivity contribution in [2.24, 2.45) is 0 Å². The van der Waals surface area contributed by atoms with Gasteiger partial charge in [0, 0.05) is 50.4 Å². The molecule has 170 valence electrons. The molecule has 10 nitrogen and oxygen atoms in total. The van der Waals surface area contributed by atoms with Crippen molar-refractivity contribution in [1.29, 1.82) is 0 Å². The monoisotopic (exact) mass is 467 g/mol. The van der Waals surface area contributed by atoms with E-state index in [4.69, 9.17) is 19.1 Å². The molecule has 6 heterocycles. The molecule has 6 rings (SSSR count). The quantitative estimate of drug-likeness (QED) is 0.451. The first-order valence-corrected chi connectivity index (χ1v) is 11.2. The van der Waals surface area contributed by atoms with Crippen LogP contribution in [0.4, 0.5) is 0 Å². The Labute approximate surface area is 192 Å². The number of thiazole rings is 1. The molecule has 2 saturated heterocycles. The van der Waals surface area contributed by atoms with Crippen LogP contribution in [-0.2, 0) is 16.1 Å². The number of furan rings is 1. The number of ether oxygens (including phenoxy) is 1. The van der Waals surface area contributed by atoms with Gasteiger partial charge in [0.2, 0.25) is 5.91 Å². The average molecular weight is 468 g/mol. The fourth-order valence-electron chi connectivity index (χ4n) is 4.51. The van der Waals surface area contributed by atoms with Crippen LogP contribution in [0.25, 0.3) is 21.4 Å². The highest BCUT2D eigenvalue weighted by Gasteiger charge is 2.44. The van der Waals surface area contributed by atoms with E-state index in [0.717, 1.165) is 42.0 Å². The van der Waals surface area contributed by atoms with Crippen LogP contribution in [0.1, 0.15) is 19.1 Å². The van der Waals surface area contributed by atoms with Gasteiger partial charge < -0.3 is 19.2 Å². The smallest absolute Gasteiger partial charge is 0.290 e. The van der Waals surface area contributed by atoms with Gasteiger partial charge in [-0.05, 0) is 18.6 Å². The van der Waals surface area contributed by atoms with Gasteiger partial charge in [-0.2, -0.15) is 4.98 Å². The zero-order valence-corrected chi connectivity index (χ0v) is 18.6. The van der Waals surface area contributed by atoms with E-state index in [2.05, 4.69) is 19.9 Å². The topological polar surface area (TPSA) is 122 Å². The molecule has 4 aromatic rings. The molecule has 0 aromatic carbocycles. The summed E-state index contributed by atoms with van der Waals surface area (Å²) in [6.45, 7) is 3.84. The minimum Gasteiger partial charge on any atom is -0.483 e. The van der Waals surface area contributed by atoms with Gasteiger partial charge in [-0.15, -0.1) is 0 Å². The summed E-state index contributed by atoms with van der Waals surface area (Å²) in [5.74, 6) is 1.63. The molecule has 33 heavy (non-hydrogen) atoms. The number of fused-ring (bicyclic) bond motifs is 4. The Morgan fingerprint density at radius 3 is 2.91 bits per heavy atom. The molecule has 4 aromatic heterocycles. The van der Waals surface area contributed by atoms with E-state index >= 15 is 0 Å². The first-order valence-electron chi connectivity index (χ1n) is 10.4. The second-order valence-corrected chi connectivity index (χ2v) is 8.92.